The Morgan fingerprint density at radius 1 is 1.00 bits per heavy atom. The Morgan fingerprint density at radius 2 is 1.79 bits per heavy atom. The maximum absolute atomic E-state index is 13.2. The zero-order valence-corrected chi connectivity index (χ0v) is 20.4. The second-order valence-corrected chi connectivity index (χ2v) is 8.76. The molecule has 0 aliphatic carbocycles. The highest BCUT2D eigenvalue weighted by Crippen LogP contribution is 2.28. The van der Waals surface area contributed by atoms with Crippen LogP contribution in [0.2, 0.25) is 5.15 Å². The van der Waals surface area contributed by atoms with E-state index in [-0.39, 0.29) is 5.69 Å². The van der Waals surface area contributed by atoms with Crippen molar-refractivity contribution >= 4 is 11.6 Å². The Morgan fingerprint density at radius 3 is 2.50 bits per heavy atom. The van der Waals surface area contributed by atoms with Gasteiger partial charge in [-0.05, 0) is 42.2 Å². The summed E-state index contributed by atoms with van der Waals surface area (Å²) >= 11 is 6.70. The molecule has 3 heterocycles. The molecule has 0 saturated heterocycles. The summed E-state index contributed by atoms with van der Waals surface area (Å²) in [6, 6.07) is 11.9. The number of tetrazole rings is 1. The van der Waals surface area contributed by atoms with Crippen LogP contribution in [0.4, 0.5) is 0 Å². The van der Waals surface area contributed by atoms with Gasteiger partial charge >= 0.3 is 5.69 Å². The van der Waals surface area contributed by atoms with Crippen LogP contribution in [0.3, 0.4) is 0 Å². The zero-order chi connectivity index (χ0) is 23.9. The molecule has 0 fully saturated rings. The van der Waals surface area contributed by atoms with Gasteiger partial charge in [0.1, 0.15) is 5.15 Å². The SMILES string of the molecule is CCCCCc1c(Cl)n(CCCC)c(=O)n1Cc1ccc(-c2ncccc2-c2nn[nH]n2)cc1. The van der Waals surface area contributed by atoms with Crippen molar-refractivity contribution in [3.8, 4) is 22.6 Å². The minimum absolute atomic E-state index is 0.0295. The summed E-state index contributed by atoms with van der Waals surface area (Å²) < 4.78 is 3.57. The lowest BCUT2D eigenvalue weighted by molar-refractivity contribution is 0.591. The lowest BCUT2D eigenvalue weighted by Crippen LogP contribution is -2.25. The molecule has 9 heteroatoms. The Balaban J connectivity index is 1.62. The van der Waals surface area contributed by atoms with E-state index in [0.29, 0.717) is 24.1 Å². The molecule has 0 bridgehead atoms. The van der Waals surface area contributed by atoms with Crippen LogP contribution in [0.1, 0.15) is 57.2 Å². The quantitative estimate of drug-likeness (QED) is 0.301. The molecule has 1 N–H and O–H groups in total. The lowest BCUT2D eigenvalue weighted by Gasteiger charge is -2.10. The van der Waals surface area contributed by atoms with Gasteiger partial charge in [0.2, 0.25) is 5.82 Å². The molecule has 0 aliphatic heterocycles. The molecule has 0 radical (unpaired) electrons. The number of benzene rings is 1. The number of aromatic nitrogens is 7. The molecule has 0 unspecified atom stereocenters. The summed E-state index contributed by atoms with van der Waals surface area (Å²) in [7, 11) is 0. The van der Waals surface area contributed by atoms with E-state index in [0.717, 1.165) is 66.6 Å². The number of nitrogens with one attached hydrogen (secondary N) is 1. The minimum Gasteiger partial charge on any atom is -0.290 e. The molecule has 1 aromatic carbocycles. The Bertz CT molecular complexity index is 1260. The van der Waals surface area contributed by atoms with Gasteiger partial charge in [-0.1, -0.05) is 69.0 Å². The van der Waals surface area contributed by atoms with Crippen molar-refractivity contribution in [3.63, 3.8) is 0 Å². The van der Waals surface area contributed by atoms with Gasteiger partial charge in [-0.15, -0.1) is 10.2 Å². The first-order valence-electron chi connectivity index (χ1n) is 11.9. The fourth-order valence-corrected chi connectivity index (χ4v) is 4.46. The molecule has 178 valence electrons. The van der Waals surface area contributed by atoms with Crippen molar-refractivity contribution in [2.24, 2.45) is 0 Å². The standard InChI is InChI=1S/C25H30ClN7O/c1-3-5-7-10-21-23(26)32(16-6-4-2)25(34)33(21)17-18-11-13-19(14-12-18)22-20(9-8-15-27-22)24-28-30-31-29-24/h8-9,11-15H,3-7,10,16-17H2,1-2H3,(H,28,29,30,31). The fraction of sp³-hybridized carbons (Fsp3) is 0.400. The summed E-state index contributed by atoms with van der Waals surface area (Å²) in [4.78, 5) is 17.8. The van der Waals surface area contributed by atoms with Gasteiger partial charge in [0, 0.05) is 23.9 Å². The van der Waals surface area contributed by atoms with Crippen LogP contribution in [0, 0.1) is 0 Å². The summed E-state index contributed by atoms with van der Waals surface area (Å²) in [5.74, 6) is 0.499. The van der Waals surface area contributed by atoms with Crippen LogP contribution in [0.25, 0.3) is 22.6 Å². The van der Waals surface area contributed by atoms with Gasteiger partial charge in [-0.25, -0.2) is 4.79 Å². The minimum atomic E-state index is -0.0295. The molecule has 4 rings (SSSR count). The lowest BCUT2D eigenvalue weighted by atomic mass is 10.0. The number of halogens is 1. The van der Waals surface area contributed by atoms with E-state index >= 15 is 0 Å². The second-order valence-electron chi connectivity index (χ2n) is 8.40. The second kappa shape index (κ2) is 11.2. The number of imidazole rings is 1. The van der Waals surface area contributed by atoms with Crippen molar-refractivity contribution in [2.45, 2.75) is 65.5 Å². The van der Waals surface area contributed by atoms with Gasteiger partial charge in [-0.3, -0.25) is 14.1 Å². The molecule has 3 aromatic heterocycles. The molecule has 0 atom stereocenters. The molecule has 8 nitrogen and oxygen atoms in total. The highest BCUT2D eigenvalue weighted by atomic mass is 35.5. The highest BCUT2D eigenvalue weighted by molar-refractivity contribution is 6.30. The van der Waals surface area contributed by atoms with Crippen LogP contribution < -0.4 is 5.69 Å². The molecular weight excluding hydrogens is 450 g/mol. The predicted octanol–water partition coefficient (Wildman–Crippen LogP) is 5.13. The van der Waals surface area contributed by atoms with Crippen LogP contribution in [-0.2, 0) is 19.5 Å². The monoisotopic (exact) mass is 479 g/mol. The third kappa shape index (κ3) is 5.12. The van der Waals surface area contributed by atoms with Gasteiger partial charge < -0.3 is 0 Å². The van der Waals surface area contributed by atoms with E-state index in [9.17, 15) is 4.79 Å². The van der Waals surface area contributed by atoms with Crippen LogP contribution in [-0.4, -0.2) is 34.7 Å². The van der Waals surface area contributed by atoms with Gasteiger partial charge in [0.05, 0.1) is 17.9 Å². The first kappa shape index (κ1) is 23.9. The van der Waals surface area contributed by atoms with Crippen LogP contribution in [0.15, 0.2) is 47.4 Å². The first-order valence-corrected chi connectivity index (χ1v) is 12.3. The molecular formula is C25H30ClN7O. The van der Waals surface area contributed by atoms with Gasteiger partial charge in [-0.2, -0.15) is 5.21 Å². The topological polar surface area (TPSA) is 94.3 Å². The largest absolute Gasteiger partial charge is 0.329 e. The Hall–Kier alpha value is -3.26. The van der Waals surface area contributed by atoms with E-state index in [4.69, 9.17) is 11.6 Å². The maximum Gasteiger partial charge on any atom is 0.329 e. The summed E-state index contributed by atoms with van der Waals surface area (Å²) in [5, 5.41) is 14.9. The van der Waals surface area contributed by atoms with Crippen LogP contribution in [0.5, 0.6) is 0 Å². The van der Waals surface area contributed by atoms with Crippen molar-refractivity contribution in [1.82, 2.24) is 34.7 Å². The molecule has 4 aromatic rings. The van der Waals surface area contributed by atoms with E-state index in [1.807, 2.05) is 41.0 Å². The van der Waals surface area contributed by atoms with Crippen LogP contribution >= 0.6 is 11.6 Å². The number of aromatic amines is 1. The smallest absolute Gasteiger partial charge is 0.290 e. The number of hydrogen-bond acceptors (Lipinski definition) is 5. The normalized spacial score (nSPS) is 11.3. The van der Waals surface area contributed by atoms with E-state index < -0.39 is 0 Å². The molecule has 0 amide bonds. The maximum atomic E-state index is 13.2. The molecule has 0 saturated carbocycles. The van der Waals surface area contributed by atoms with E-state index in [1.165, 1.54) is 0 Å². The highest BCUT2D eigenvalue weighted by Gasteiger charge is 2.18. The third-order valence-corrected chi connectivity index (χ3v) is 6.40. The number of unbranched alkanes of at least 4 members (excludes halogenated alkanes) is 3. The van der Waals surface area contributed by atoms with Crippen molar-refractivity contribution in [1.29, 1.82) is 0 Å². The number of nitrogens with zero attached hydrogens (tertiary/aromatic N) is 6. The number of H-pyrrole nitrogens is 1. The van der Waals surface area contributed by atoms with Gasteiger partial charge in [0.15, 0.2) is 0 Å². The Labute approximate surface area is 204 Å². The number of rotatable bonds is 11. The molecule has 34 heavy (non-hydrogen) atoms. The zero-order valence-electron chi connectivity index (χ0n) is 19.7. The average Bonchev–Trinajstić information content (AvgIpc) is 3.47. The number of hydrogen-bond donors (Lipinski definition) is 1. The predicted molar refractivity (Wildman–Crippen MR) is 134 cm³/mol. The summed E-state index contributed by atoms with van der Waals surface area (Å²) in [5.41, 5.74) is 4.46. The molecule has 0 aliphatic rings. The third-order valence-electron chi connectivity index (χ3n) is 5.98. The first-order chi connectivity index (χ1) is 16.6. The van der Waals surface area contributed by atoms with E-state index in [1.54, 1.807) is 10.8 Å². The van der Waals surface area contributed by atoms with Crippen molar-refractivity contribution < 1.29 is 0 Å². The van der Waals surface area contributed by atoms with Gasteiger partial charge in [0.25, 0.3) is 0 Å². The van der Waals surface area contributed by atoms with Crippen molar-refractivity contribution in [2.75, 3.05) is 0 Å². The van der Waals surface area contributed by atoms with E-state index in [2.05, 4.69) is 39.5 Å². The molecule has 0 spiro atoms. The fourth-order valence-electron chi connectivity index (χ4n) is 4.11. The summed E-state index contributed by atoms with van der Waals surface area (Å²) in [6.45, 7) is 5.43. The summed E-state index contributed by atoms with van der Waals surface area (Å²) in [6.07, 6.45) is 7.76. The Kier molecular flexibility index (Phi) is 7.90. The average molecular weight is 480 g/mol. The van der Waals surface area contributed by atoms with Crippen molar-refractivity contribution in [3.05, 3.63) is 69.5 Å². The number of pyridine rings is 1.